The van der Waals surface area contributed by atoms with E-state index in [0.29, 0.717) is 39.2 Å². The Balaban J connectivity index is 1.93. The molecule has 0 fully saturated rings. The zero-order chi connectivity index (χ0) is 22.9. The third-order valence-electron chi connectivity index (χ3n) is 4.99. The maximum absolute atomic E-state index is 13.7. The lowest BCUT2D eigenvalue weighted by Crippen LogP contribution is -2.17. The Bertz CT molecular complexity index is 1250. The van der Waals surface area contributed by atoms with Gasteiger partial charge in [-0.25, -0.2) is 9.37 Å². The zero-order valence-electron chi connectivity index (χ0n) is 16.9. The minimum atomic E-state index is -4.85. The summed E-state index contributed by atoms with van der Waals surface area (Å²) in [4.78, 5) is 4.17. The van der Waals surface area contributed by atoms with E-state index in [4.69, 9.17) is 4.74 Å². The summed E-state index contributed by atoms with van der Waals surface area (Å²) in [7, 11) is 1.47. The Hall–Kier alpha value is -3.59. The number of hydrogen-bond acceptors (Lipinski definition) is 4. The lowest BCUT2D eigenvalue weighted by molar-refractivity contribution is -0.274. The van der Waals surface area contributed by atoms with Gasteiger partial charge in [0.15, 0.2) is 0 Å². The summed E-state index contributed by atoms with van der Waals surface area (Å²) in [6.45, 7) is -0.200. The molecule has 0 unspecified atom stereocenters. The standard InChI is InChI=1S/C23H18F4N2O3/c1-31-21-8-5-15(11-28-21)22-18-10-17(32-23(25,26)27)6-7-19(18)29(20(22)13-30)12-14-3-2-4-16(24)9-14/h2-11,30H,12-13H2,1H3. The van der Waals surface area contributed by atoms with Crippen LogP contribution in [-0.2, 0) is 13.2 Å². The molecule has 0 radical (unpaired) electrons. The molecule has 4 aromatic rings. The second kappa shape index (κ2) is 8.51. The van der Waals surface area contributed by atoms with Gasteiger partial charge >= 0.3 is 6.36 Å². The molecule has 5 nitrogen and oxygen atoms in total. The predicted molar refractivity (Wildman–Crippen MR) is 110 cm³/mol. The predicted octanol–water partition coefficient (Wildman–Crippen LogP) is 5.29. The number of pyridine rings is 1. The number of rotatable bonds is 6. The van der Waals surface area contributed by atoms with E-state index in [1.165, 1.54) is 43.6 Å². The first kappa shape index (κ1) is 21.6. The van der Waals surface area contributed by atoms with Crippen molar-refractivity contribution in [2.24, 2.45) is 0 Å². The molecule has 0 spiro atoms. The van der Waals surface area contributed by atoms with Crippen LogP contribution < -0.4 is 9.47 Å². The highest BCUT2D eigenvalue weighted by molar-refractivity contribution is 5.99. The monoisotopic (exact) mass is 446 g/mol. The summed E-state index contributed by atoms with van der Waals surface area (Å²) in [6, 6.07) is 13.2. The number of aliphatic hydroxyl groups excluding tert-OH is 1. The van der Waals surface area contributed by atoms with E-state index < -0.39 is 18.8 Å². The normalized spacial score (nSPS) is 11.7. The molecule has 0 saturated heterocycles. The van der Waals surface area contributed by atoms with E-state index >= 15 is 0 Å². The van der Waals surface area contributed by atoms with Crippen molar-refractivity contribution in [1.29, 1.82) is 0 Å². The molecule has 9 heteroatoms. The summed E-state index contributed by atoms with van der Waals surface area (Å²) in [5.41, 5.74) is 2.70. The molecule has 1 N–H and O–H groups in total. The van der Waals surface area contributed by atoms with Crippen LogP contribution in [0.25, 0.3) is 22.0 Å². The number of fused-ring (bicyclic) bond motifs is 1. The molecule has 0 saturated carbocycles. The third-order valence-corrected chi connectivity index (χ3v) is 4.99. The van der Waals surface area contributed by atoms with Crippen molar-refractivity contribution in [3.05, 3.63) is 77.9 Å². The van der Waals surface area contributed by atoms with Gasteiger partial charge in [0.25, 0.3) is 0 Å². The van der Waals surface area contributed by atoms with Crippen LogP contribution in [0.2, 0.25) is 0 Å². The number of methoxy groups -OCH3 is 1. The summed E-state index contributed by atoms with van der Waals surface area (Å²) < 4.78 is 63.0. The second-order valence-corrected chi connectivity index (χ2v) is 7.01. The minimum absolute atomic E-state index is 0.202. The number of alkyl halides is 3. The molecule has 0 aliphatic rings. The summed E-state index contributed by atoms with van der Waals surface area (Å²) in [5.74, 6) is -0.436. The van der Waals surface area contributed by atoms with Crippen LogP contribution in [0, 0.1) is 5.82 Å². The first-order valence-electron chi connectivity index (χ1n) is 9.55. The van der Waals surface area contributed by atoms with Crippen molar-refractivity contribution in [3.63, 3.8) is 0 Å². The number of ether oxygens (including phenoxy) is 2. The Morgan fingerprint density at radius 1 is 1.06 bits per heavy atom. The van der Waals surface area contributed by atoms with Gasteiger partial charge in [-0.3, -0.25) is 0 Å². The summed E-state index contributed by atoms with van der Waals surface area (Å²) >= 11 is 0. The molecule has 2 aromatic heterocycles. The Labute approximate surface area is 180 Å². The largest absolute Gasteiger partial charge is 0.573 e. The lowest BCUT2D eigenvalue weighted by Gasteiger charge is -2.11. The van der Waals surface area contributed by atoms with Gasteiger partial charge < -0.3 is 19.1 Å². The average Bonchev–Trinajstić information content (AvgIpc) is 3.05. The van der Waals surface area contributed by atoms with Gasteiger partial charge in [-0.1, -0.05) is 12.1 Å². The van der Waals surface area contributed by atoms with Crippen LogP contribution in [-0.4, -0.2) is 28.1 Å². The van der Waals surface area contributed by atoms with Crippen LogP contribution in [0.1, 0.15) is 11.3 Å². The van der Waals surface area contributed by atoms with Gasteiger partial charge in [-0.15, -0.1) is 13.2 Å². The molecule has 0 bridgehead atoms. The average molecular weight is 446 g/mol. The SMILES string of the molecule is COc1ccc(-c2c(CO)n(Cc3cccc(F)c3)c3ccc(OC(F)(F)F)cc23)cn1. The number of benzene rings is 2. The maximum Gasteiger partial charge on any atom is 0.573 e. The number of hydrogen-bond donors (Lipinski definition) is 1. The number of aromatic nitrogens is 2. The van der Waals surface area contributed by atoms with Crippen molar-refractivity contribution in [2.45, 2.75) is 19.5 Å². The molecule has 32 heavy (non-hydrogen) atoms. The highest BCUT2D eigenvalue weighted by Crippen LogP contribution is 2.38. The van der Waals surface area contributed by atoms with Crippen molar-refractivity contribution < 1.29 is 32.1 Å². The number of halogens is 4. The number of nitrogens with zero attached hydrogens (tertiary/aromatic N) is 2. The summed E-state index contributed by atoms with van der Waals surface area (Å²) in [6.07, 6.45) is -3.34. The second-order valence-electron chi connectivity index (χ2n) is 7.01. The van der Waals surface area contributed by atoms with Crippen molar-refractivity contribution in [1.82, 2.24) is 9.55 Å². The summed E-state index contributed by atoms with van der Waals surface area (Å²) in [5, 5.41) is 10.6. The zero-order valence-corrected chi connectivity index (χ0v) is 16.9. The first-order chi connectivity index (χ1) is 15.3. The third kappa shape index (κ3) is 4.38. The Morgan fingerprint density at radius 3 is 2.50 bits per heavy atom. The fourth-order valence-electron chi connectivity index (χ4n) is 3.72. The molecule has 166 valence electrons. The van der Waals surface area contributed by atoms with E-state index in [-0.39, 0.29) is 12.3 Å². The van der Waals surface area contributed by atoms with Crippen molar-refractivity contribution in [3.8, 4) is 22.8 Å². The molecule has 0 aliphatic carbocycles. The molecule has 4 rings (SSSR count). The van der Waals surface area contributed by atoms with Gasteiger partial charge in [-0.2, -0.15) is 0 Å². The Morgan fingerprint density at radius 2 is 1.88 bits per heavy atom. The first-order valence-corrected chi connectivity index (χ1v) is 9.55. The molecule has 0 amide bonds. The van der Waals surface area contributed by atoms with E-state index in [1.54, 1.807) is 28.8 Å². The van der Waals surface area contributed by atoms with Crippen LogP contribution in [0.3, 0.4) is 0 Å². The smallest absolute Gasteiger partial charge is 0.481 e. The Kier molecular flexibility index (Phi) is 5.75. The molecule has 2 aromatic carbocycles. The highest BCUT2D eigenvalue weighted by Gasteiger charge is 2.31. The topological polar surface area (TPSA) is 56.5 Å². The van der Waals surface area contributed by atoms with E-state index in [0.717, 1.165) is 0 Å². The van der Waals surface area contributed by atoms with Gasteiger partial charge in [0, 0.05) is 40.8 Å². The minimum Gasteiger partial charge on any atom is -0.481 e. The van der Waals surface area contributed by atoms with Crippen molar-refractivity contribution >= 4 is 10.9 Å². The molecule has 2 heterocycles. The van der Waals surface area contributed by atoms with Gasteiger partial charge in [-0.05, 0) is 42.0 Å². The van der Waals surface area contributed by atoms with Crippen LogP contribution in [0.5, 0.6) is 11.6 Å². The van der Waals surface area contributed by atoms with Crippen LogP contribution >= 0.6 is 0 Å². The van der Waals surface area contributed by atoms with E-state index in [1.807, 2.05) is 0 Å². The van der Waals surface area contributed by atoms with Gasteiger partial charge in [0.05, 0.1) is 19.4 Å². The van der Waals surface area contributed by atoms with Gasteiger partial charge in [0.1, 0.15) is 11.6 Å². The lowest BCUT2D eigenvalue weighted by atomic mass is 10.0. The highest BCUT2D eigenvalue weighted by atomic mass is 19.4. The fourth-order valence-corrected chi connectivity index (χ4v) is 3.72. The van der Waals surface area contributed by atoms with E-state index in [2.05, 4.69) is 9.72 Å². The molecular weight excluding hydrogens is 428 g/mol. The molecule has 0 atom stereocenters. The number of aliphatic hydroxyl groups is 1. The maximum atomic E-state index is 13.7. The fraction of sp³-hybridized carbons (Fsp3) is 0.174. The van der Waals surface area contributed by atoms with Gasteiger partial charge in [0.2, 0.25) is 5.88 Å². The molecular formula is C23H18F4N2O3. The van der Waals surface area contributed by atoms with Crippen molar-refractivity contribution in [2.75, 3.05) is 7.11 Å². The van der Waals surface area contributed by atoms with Crippen LogP contribution in [0.4, 0.5) is 17.6 Å². The van der Waals surface area contributed by atoms with Crippen LogP contribution in [0.15, 0.2) is 60.8 Å². The quantitative estimate of drug-likeness (QED) is 0.409. The van der Waals surface area contributed by atoms with E-state index in [9.17, 15) is 22.7 Å². The molecule has 0 aliphatic heterocycles.